The summed E-state index contributed by atoms with van der Waals surface area (Å²) in [5.74, 6) is -1.10. The van der Waals surface area contributed by atoms with Crippen molar-refractivity contribution >= 4 is 12.0 Å². The van der Waals surface area contributed by atoms with Gasteiger partial charge in [0.05, 0.1) is 6.10 Å². The summed E-state index contributed by atoms with van der Waals surface area (Å²) in [5, 5.41) is 21.1. The van der Waals surface area contributed by atoms with Crippen LogP contribution in [0.2, 0.25) is 0 Å². The highest BCUT2D eigenvalue weighted by Gasteiger charge is 2.38. The molecule has 0 unspecified atom stereocenters. The molecule has 0 aliphatic carbocycles. The average molecular weight is 265 g/mol. The second-order valence-electron chi connectivity index (χ2n) is 4.41. The molecule has 1 aromatic rings. The van der Waals surface area contributed by atoms with E-state index in [2.05, 4.69) is 10.3 Å². The van der Waals surface area contributed by atoms with Crippen molar-refractivity contribution < 1.29 is 19.8 Å². The molecule has 2 atom stereocenters. The number of rotatable bonds is 3. The summed E-state index contributed by atoms with van der Waals surface area (Å²) >= 11 is 0. The van der Waals surface area contributed by atoms with Gasteiger partial charge in [0, 0.05) is 31.9 Å². The van der Waals surface area contributed by atoms with Gasteiger partial charge in [-0.25, -0.2) is 9.59 Å². The number of pyridine rings is 1. The average Bonchev–Trinajstić information content (AvgIpc) is 2.79. The van der Waals surface area contributed by atoms with E-state index in [-0.39, 0.29) is 13.0 Å². The largest absolute Gasteiger partial charge is 0.480 e. The van der Waals surface area contributed by atoms with Crippen LogP contribution in [0.3, 0.4) is 0 Å². The number of carbonyl (C=O) groups is 2. The number of aromatic nitrogens is 1. The van der Waals surface area contributed by atoms with E-state index >= 15 is 0 Å². The van der Waals surface area contributed by atoms with Crippen molar-refractivity contribution in [3.05, 3.63) is 30.1 Å². The lowest BCUT2D eigenvalue weighted by Crippen LogP contribution is -2.45. The quantitative estimate of drug-likeness (QED) is 0.703. The predicted molar refractivity (Wildman–Crippen MR) is 65.2 cm³/mol. The maximum Gasteiger partial charge on any atom is 0.326 e. The van der Waals surface area contributed by atoms with E-state index in [0.717, 1.165) is 10.5 Å². The van der Waals surface area contributed by atoms with Crippen LogP contribution in [-0.2, 0) is 11.3 Å². The van der Waals surface area contributed by atoms with E-state index in [1.165, 1.54) is 0 Å². The van der Waals surface area contributed by atoms with Gasteiger partial charge in [0.15, 0.2) is 0 Å². The first-order chi connectivity index (χ1) is 9.08. The van der Waals surface area contributed by atoms with E-state index in [9.17, 15) is 14.7 Å². The molecule has 0 aromatic carbocycles. The highest BCUT2D eigenvalue weighted by atomic mass is 16.4. The first-order valence-electron chi connectivity index (χ1n) is 5.92. The standard InChI is InChI=1S/C12H15N3O4/c16-9-5-10(11(17)18)15(7-9)12(19)14-6-8-1-3-13-4-2-8/h1-4,9-10,16H,5-7H2,(H,14,19)(H,17,18)/t9-,10-/m0/s1. The molecule has 1 aliphatic heterocycles. The van der Waals surface area contributed by atoms with Crippen molar-refractivity contribution in [3.8, 4) is 0 Å². The number of likely N-dealkylation sites (tertiary alicyclic amines) is 1. The Balaban J connectivity index is 1.94. The number of aliphatic hydroxyl groups excluding tert-OH is 1. The second-order valence-corrected chi connectivity index (χ2v) is 4.41. The van der Waals surface area contributed by atoms with Crippen LogP contribution >= 0.6 is 0 Å². The van der Waals surface area contributed by atoms with Gasteiger partial charge >= 0.3 is 12.0 Å². The van der Waals surface area contributed by atoms with E-state index in [1.54, 1.807) is 24.5 Å². The minimum absolute atomic E-state index is 0.0408. The Morgan fingerprint density at radius 2 is 2.11 bits per heavy atom. The van der Waals surface area contributed by atoms with Gasteiger partial charge in [-0.05, 0) is 17.7 Å². The maximum absolute atomic E-state index is 11.9. The highest BCUT2D eigenvalue weighted by Crippen LogP contribution is 2.18. The molecule has 1 aliphatic rings. The lowest BCUT2D eigenvalue weighted by molar-refractivity contribution is -0.141. The van der Waals surface area contributed by atoms with Gasteiger partial charge in [0.25, 0.3) is 0 Å². The van der Waals surface area contributed by atoms with E-state index < -0.39 is 24.1 Å². The number of hydrogen-bond donors (Lipinski definition) is 3. The number of urea groups is 1. The SMILES string of the molecule is O=C(O)[C@@H]1C[C@H](O)CN1C(=O)NCc1ccncc1. The van der Waals surface area contributed by atoms with Gasteiger partial charge in [-0.2, -0.15) is 0 Å². The van der Waals surface area contributed by atoms with Gasteiger partial charge in [-0.3, -0.25) is 4.98 Å². The monoisotopic (exact) mass is 265 g/mol. The highest BCUT2D eigenvalue weighted by molar-refractivity contribution is 5.83. The summed E-state index contributed by atoms with van der Waals surface area (Å²) < 4.78 is 0. The van der Waals surface area contributed by atoms with Crippen molar-refractivity contribution in [1.82, 2.24) is 15.2 Å². The Bertz CT molecular complexity index is 465. The van der Waals surface area contributed by atoms with Crippen molar-refractivity contribution in [2.75, 3.05) is 6.54 Å². The number of aliphatic hydroxyl groups is 1. The third-order valence-corrected chi connectivity index (χ3v) is 3.02. The molecular formula is C12H15N3O4. The summed E-state index contributed by atoms with van der Waals surface area (Å²) in [6.07, 6.45) is 2.51. The van der Waals surface area contributed by atoms with Gasteiger partial charge in [-0.15, -0.1) is 0 Å². The molecule has 1 aromatic heterocycles. The Morgan fingerprint density at radius 3 is 2.74 bits per heavy atom. The van der Waals surface area contributed by atoms with Crippen LogP contribution in [0.4, 0.5) is 4.79 Å². The Hall–Kier alpha value is -2.15. The maximum atomic E-state index is 11.9. The number of carbonyl (C=O) groups excluding carboxylic acids is 1. The lowest BCUT2D eigenvalue weighted by atomic mass is 10.2. The summed E-state index contributed by atoms with van der Waals surface area (Å²) in [4.78, 5) is 27.9. The zero-order valence-corrected chi connectivity index (χ0v) is 10.2. The fraction of sp³-hybridized carbons (Fsp3) is 0.417. The molecule has 19 heavy (non-hydrogen) atoms. The lowest BCUT2D eigenvalue weighted by Gasteiger charge is -2.21. The van der Waals surface area contributed by atoms with Crippen LogP contribution in [0.1, 0.15) is 12.0 Å². The van der Waals surface area contributed by atoms with Gasteiger partial charge < -0.3 is 20.4 Å². The molecule has 2 rings (SSSR count). The van der Waals surface area contributed by atoms with E-state index in [0.29, 0.717) is 6.54 Å². The summed E-state index contributed by atoms with van der Waals surface area (Å²) in [6.45, 7) is 0.333. The predicted octanol–water partition coefficient (Wildman–Crippen LogP) is -0.189. The zero-order chi connectivity index (χ0) is 13.8. The summed E-state index contributed by atoms with van der Waals surface area (Å²) in [7, 11) is 0. The molecule has 7 nitrogen and oxygen atoms in total. The molecule has 3 N–H and O–H groups in total. The van der Waals surface area contributed by atoms with Crippen molar-refractivity contribution in [2.45, 2.75) is 25.1 Å². The van der Waals surface area contributed by atoms with Crippen molar-refractivity contribution in [3.63, 3.8) is 0 Å². The van der Waals surface area contributed by atoms with Gasteiger partial charge in [0.2, 0.25) is 0 Å². The van der Waals surface area contributed by atoms with Crippen molar-refractivity contribution in [1.29, 1.82) is 0 Å². The molecular weight excluding hydrogens is 250 g/mol. The first kappa shape index (κ1) is 13.3. The van der Waals surface area contributed by atoms with Crippen molar-refractivity contribution in [2.24, 2.45) is 0 Å². The molecule has 102 valence electrons. The molecule has 2 heterocycles. The molecule has 1 saturated heterocycles. The minimum Gasteiger partial charge on any atom is -0.480 e. The van der Waals surface area contributed by atoms with E-state index in [1.807, 2.05) is 0 Å². The molecule has 1 fully saturated rings. The molecule has 0 spiro atoms. The minimum atomic E-state index is -1.10. The Kier molecular flexibility index (Phi) is 3.96. The first-order valence-corrected chi connectivity index (χ1v) is 5.92. The fourth-order valence-corrected chi connectivity index (χ4v) is 2.05. The van der Waals surface area contributed by atoms with Crippen LogP contribution < -0.4 is 5.32 Å². The van der Waals surface area contributed by atoms with Crippen LogP contribution in [0.15, 0.2) is 24.5 Å². The number of β-amino-alcohol motifs (C(OH)–C–C–N with tert-alkyl or cyclic N) is 1. The Morgan fingerprint density at radius 1 is 1.42 bits per heavy atom. The fourth-order valence-electron chi connectivity index (χ4n) is 2.05. The number of nitrogens with one attached hydrogen (secondary N) is 1. The van der Waals surface area contributed by atoms with Gasteiger partial charge in [-0.1, -0.05) is 0 Å². The number of aliphatic carboxylic acids is 1. The molecule has 0 saturated carbocycles. The van der Waals surface area contributed by atoms with Crippen LogP contribution in [-0.4, -0.2) is 50.8 Å². The van der Waals surface area contributed by atoms with Crippen LogP contribution in [0.5, 0.6) is 0 Å². The van der Waals surface area contributed by atoms with Gasteiger partial charge in [0.1, 0.15) is 6.04 Å². The molecule has 7 heteroatoms. The second kappa shape index (κ2) is 5.66. The number of carboxylic acids is 1. The third kappa shape index (κ3) is 3.19. The topological polar surface area (TPSA) is 103 Å². The molecule has 0 radical (unpaired) electrons. The number of nitrogens with zero attached hydrogens (tertiary/aromatic N) is 2. The van der Waals surface area contributed by atoms with Crippen LogP contribution in [0.25, 0.3) is 0 Å². The molecule has 0 bridgehead atoms. The summed E-state index contributed by atoms with van der Waals surface area (Å²) in [5.41, 5.74) is 0.870. The zero-order valence-electron chi connectivity index (χ0n) is 10.2. The number of carboxylic acid groups (broad SMARTS) is 1. The van der Waals surface area contributed by atoms with E-state index in [4.69, 9.17) is 5.11 Å². The molecule has 2 amide bonds. The summed E-state index contributed by atoms with van der Waals surface area (Å²) in [6, 6.07) is 2.06. The van der Waals surface area contributed by atoms with Crippen LogP contribution in [0, 0.1) is 0 Å². The normalized spacial score (nSPS) is 22.3. The number of hydrogen-bond acceptors (Lipinski definition) is 4. The smallest absolute Gasteiger partial charge is 0.326 e. The number of amides is 2. The third-order valence-electron chi connectivity index (χ3n) is 3.02. The Labute approximate surface area is 109 Å².